The fourth-order valence-electron chi connectivity index (χ4n) is 1.31. The zero-order valence-electron chi connectivity index (χ0n) is 8.60. The van der Waals surface area contributed by atoms with E-state index in [4.69, 9.17) is 6.42 Å². The van der Waals surface area contributed by atoms with Crippen LogP contribution in [0.4, 0.5) is 0 Å². The molecule has 0 aromatic carbocycles. The van der Waals surface area contributed by atoms with Crippen LogP contribution in [0.1, 0.15) is 58.8 Å². The van der Waals surface area contributed by atoms with Crippen LogP contribution in [0.3, 0.4) is 0 Å². The van der Waals surface area contributed by atoms with Crippen LogP contribution in [-0.2, 0) is 0 Å². The molecule has 0 aliphatic heterocycles. The Morgan fingerprint density at radius 1 is 1.00 bits per heavy atom. The first-order valence-corrected chi connectivity index (χ1v) is 5.21. The Morgan fingerprint density at radius 3 is 2.17 bits per heavy atom. The van der Waals surface area contributed by atoms with Crippen molar-refractivity contribution in [2.75, 3.05) is 0 Å². The first kappa shape index (κ1) is 11.6. The number of rotatable bonds is 7. The number of hydrogen-bond acceptors (Lipinski definition) is 0. The van der Waals surface area contributed by atoms with Crippen LogP contribution < -0.4 is 0 Å². The molecule has 0 spiro atoms. The van der Waals surface area contributed by atoms with E-state index in [0.29, 0.717) is 0 Å². The maximum absolute atomic E-state index is 5.16. The molecule has 0 aliphatic carbocycles. The minimum Gasteiger partial charge on any atom is -0.120 e. The fraction of sp³-hybridized carbons (Fsp3) is 0.833. The van der Waals surface area contributed by atoms with Gasteiger partial charge < -0.3 is 0 Å². The van der Waals surface area contributed by atoms with E-state index in [9.17, 15) is 0 Å². The second kappa shape index (κ2) is 8.65. The Balaban J connectivity index is 2.87. The van der Waals surface area contributed by atoms with Gasteiger partial charge in [0.15, 0.2) is 0 Å². The maximum atomic E-state index is 5.16. The van der Waals surface area contributed by atoms with Gasteiger partial charge in [-0.1, -0.05) is 46.0 Å². The summed E-state index contributed by atoms with van der Waals surface area (Å²) in [6.45, 7) is 4.58. The Hall–Kier alpha value is -0.440. The molecule has 0 atom stereocenters. The Morgan fingerprint density at radius 2 is 1.58 bits per heavy atom. The van der Waals surface area contributed by atoms with Gasteiger partial charge in [-0.15, -0.1) is 12.3 Å². The molecule has 0 fully saturated rings. The minimum atomic E-state index is 0.871. The summed E-state index contributed by atoms with van der Waals surface area (Å²) < 4.78 is 0. The summed E-state index contributed by atoms with van der Waals surface area (Å²) in [5.74, 6) is 3.55. The highest BCUT2D eigenvalue weighted by Gasteiger charge is 1.93. The summed E-state index contributed by atoms with van der Waals surface area (Å²) in [5.41, 5.74) is 0. The van der Waals surface area contributed by atoms with E-state index >= 15 is 0 Å². The summed E-state index contributed by atoms with van der Waals surface area (Å²) in [7, 11) is 0. The van der Waals surface area contributed by atoms with Gasteiger partial charge in [0.2, 0.25) is 0 Å². The molecule has 0 radical (unpaired) electrons. The van der Waals surface area contributed by atoms with E-state index < -0.39 is 0 Å². The Bertz CT molecular complexity index is 116. The van der Waals surface area contributed by atoms with Gasteiger partial charge in [0.1, 0.15) is 0 Å². The molecule has 0 N–H and O–H groups in total. The molecule has 0 amide bonds. The molecule has 0 heteroatoms. The standard InChI is InChI=1S/C12H22/c1-4-5-6-7-8-9-10-11-12(2)3/h1,12H,5-11H2,2-3H3. The molecule has 0 saturated heterocycles. The van der Waals surface area contributed by atoms with Crippen molar-refractivity contribution in [2.24, 2.45) is 5.92 Å². The van der Waals surface area contributed by atoms with Crippen LogP contribution in [0.15, 0.2) is 0 Å². The van der Waals surface area contributed by atoms with Gasteiger partial charge in [0.05, 0.1) is 0 Å². The van der Waals surface area contributed by atoms with Crippen LogP contribution in [0.25, 0.3) is 0 Å². The van der Waals surface area contributed by atoms with Gasteiger partial charge in [0.25, 0.3) is 0 Å². The average Bonchev–Trinajstić information content (AvgIpc) is 2.02. The molecule has 0 aromatic rings. The topological polar surface area (TPSA) is 0 Å². The molecule has 0 heterocycles. The fourth-order valence-corrected chi connectivity index (χ4v) is 1.31. The number of terminal acetylenes is 1. The van der Waals surface area contributed by atoms with Crippen molar-refractivity contribution in [1.82, 2.24) is 0 Å². The van der Waals surface area contributed by atoms with Gasteiger partial charge in [-0.2, -0.15) is 0 Å². The zero-order valence-corrected chi connectivity index (χ0v) is 8.60. The quantitative estimate of drug-likeness (QED) is 0.396. The van der Waals surface area contributed by atoms with E-state index in [1.165, 1.54) is 38.5 Å². The molecule has 0 rings (SSSR count). The summed E-state index contributed by atoms with van der Waals surface area (Å²) in [4.78, 5) is 0. The molecule has 70 valence electrons. The molecule has 12 heavy (non-hydrogen) atoms. The molecular formula is C12H22. The SMILES string of the molecule is C#CCCCCCCCC(C)C. The van der Waals surface area contributed by atoms with Crippen molar-refractivity contribution in [3.63, 3.8) is 0 Å². The highest BCUT2D eigenvalue weighted by atomic mass is 14.0. The molecule has 0 bridgehead atoms. The van der Waals surface area contributed by atoms with Crippen LogP contribution in [0.5, 0.6) is 0 Å². The minimum absolute atomic E-state index is 0.871. The Labute approximate surface area is 77.8 Å². The number of hydrogen-bond donors (Lipinski definition) is 0. The summed E-state index contributed by atoms with van der Waals surface area (Å²) in [5, 5.41) is 0. The monoisotopic (exact) mass is 166 g/mol. The molecular weight excluding hydrogens is 144 g/mol. The summed E-state index contributed by atoms with van der Waals surface area (Å²) in [6.07, 6.45) is 14.2. The molecule has 0 nitrogen and oxygen atoms in total. The first-order valence-electron chi connectivity index (χ1n) is 5.21. The third kappa shape index (κ3) is 9.56. The van der Waals surface area contributed by atoms with Gasteiger partial charge in [-0.25, -0.2) is 0 Å². The Kier molecular flexibility index (Phi) is 8.34. The van der Waals surface area contributed by atoms with Crippen LogP contribution in [0.2, 0.25) is 0 Å². The smallest absolute Gasteiger partial charge is 0.00860 e. The van der Waals surface area contributed by atoms with E-state index in [-0.39, 0.29) is 0 Å². The van der Waals surface area contributed by atoms with E-state index in [1.807, 2.05) is 0 Å². The third-order valence-corrected chi connectivity index (χ3v) is 2.10. The zero-order chi connectivity index (χ0) is 9.23. The molecule has 0 saturated carbocycles. The first-order chi connectivity index (χ1) is 5.77. The lowest BCUT2D eigenvalue weighted by molar-refractivity contribution is 0.516. The summed E-state index contributed by atoms with van der Waals surface area (Å²) in [6, 6.07) is 0. The third-order valence-electron chi connectivity index (χ3n) is 2.10. The predicted molar refractivity (Wildman–Crippen MR) is 56.0 cm³/mol. The largest absolute Gasteiger partial charge is 0.120 e. The van der Waals surface area contributed by atoms with Gasteiger partial charge in [-0.3, -0.25) is 0 Å². The van der Waals surface area contributed by atoms with Crippen molar-refractivity contribution in [3.8, 4) is 12.3 Å². The lowest BCUT2D eigenvalue weighted by atomic mass is 10.0. The van der Waals surface area contributed by atoms with Gasteiger partial charge in [0, 0.05) is 6.42 Å². The second-order valence-electron chi connectivity index (χ2n) is 3.90. The van der Waals surface area contributed by atoms with Crippen LogP contribution in [0, 0.1) is 18.3 Å². The molecule has 0 aliphatic rings. The van der Waals surface area contributed by atoms with Crippen molar-refractivity contribution < 1.29 is 0 Å². The van der Waals surface area contributed by atoms with Crippen LogP contribution >= 0.6 is 0 Å². The lowest BCUT2D eigenvalue weighted by Gasteiger charge is -2.03. The average molecular weight is 166 g/mol. The van der Waals surface area contributed by atoms with E-state index in [2.05, 4.69) is 19.8 Å². The van der Waals surface area contributed by atoms with Gasteiger partial charge >= 0.3 is 0 Å². The van der Waals surface area contributed by atoms with Crippen LogP contribution in [-0.4, -0.2) is 0 Å². The summed E-state index contributed by atoms with van der Waals surface area (Å²) >= 11 is 0. The highest BCUT2D eigenvalue weighted by Crippen LogP contribution is 2.10. The van der Waals surface area contributed by atoms with Crippen molar-refractivity contribution in [3.05, 3.63) is 0 Å². The maximum Gasteiger partial charge on any atom is 0.00860 e. The lowest BCUT2D eigenvalue weighted by Crippen LogP contribution is -1.86. The molecule has 0 aromatic heterocycles. The van der Waals surface area contributed by atoms with Gasteiger partial charge in [-0.05, 0) is 12.3 Å². The van der Waals surface area contributed by atoms with Crippen molar-refractivity contribution in [1.29, 1.82) is 0 Å². The van der Waals surface area contributed by atoms with Crippen molar-refractivity contribution in [2.45, 2.75) is 58.8 Å². The predicted octanol–water partition coefficient (Wildman–Crippen LogP) is 4.01. The second-order valence-corrected chi connectivity index (χ2v) is 3.90. The molecule has 0 unspecified atom stereocenters. The highest BCUT2D eigenvalue weighted by molar-refractivity contribution is 4.82. The number of unbranched alkanes of at least 4 members (excludes halogenated alkanes) is 5. The van der Waals surface area contributed by atoms with E-state index in [0.717, 1.165) is 12.3 Å². The van der Waals surface area contributed by atoms with Crippen molar-refractivity contribution >= 4 is 0 Å². The van der Waals surface area contributed by atoms with E-state index in [1.54, 1.807) is 0 Å². The normalized spacial score (nSPS) is 10.2.